The van der Waals surface area contributed by atoms with Crippen molar-refractivity contribution in [2.75, 3.05) is 69.5 Å². The van der Waals surface area contributed by atoms with Crippen molar-refractivity contribution in [2.45, 2.75) is 0 Å². The lowest BCUT2D eigenvalue weighted by molar-refractivity contribution is -0.140. The number of benzene rings is 3. The molecule has 2 amide bonds. The Morgan fingerprint density at radius 1 is 0.544 bits per heavy atom. The fourth-order valence-corrected chi connectivity index (χ4v) is 6.21. The van der Waals surface area contributed by atoms with Gasteiger partial charge < -0.3 is 26.0 Å². The van der Waals surface area contributed by atoms with Gasteiger partial charge in [0.15, 0.2) is 0 Å². The van der Waals surface area contributed by atoms with Gasteiger partial charge in [0.05, 0.1) is 43.8 Å². The zero-order chi connectivity index (χ0) is 40.3. The summed E-state index contributed by atoms with van der Waals surface area (Å²) in [6, 6.07) is 21.5. The number of nitrogens with one attached hydrogen (secondary N) is 2. The highest BCUT2D eigenvalue weighted by atomic mass is 16.4. The van der Waals surface area contributed by atoms with Crippen LogP contribution < -0.4 is 10.6 Å². The van der Waals surface area contributed by atoms with Gasteiger partial charge in [0.25, 0.3) is 0 Å². The minimum atomic E-state index is -1.18. The van der Waals surface area contributed by atoms with Gasteiger partial charge in [-0.15, -0.1) is 0 Å². The molecule has 0 unspecified atom stereocenters. The summed E-state index contributed by atoms with van der Waals surface area (Å²) in [5.41, 5.74) is 4.86. The molecule has 15 heteroatoms. The molecule has 2 aromatic heterocycles. The number of nitrogens with zero attached hydrogens (tertiary/aromatic N) is 5. The number of pyridine rings is 2. The molecular formula is C42H37N7O8. The van der Waals surface area contributed by atoms with Gasteiger partial charge in [-0.2, -0.15) is 0 Å². The van der Waals surface area contributed by atoms with Crippen LogP contribution in [0.25, 0.3) is 21.8 Å². The molecule has 0 saturated carbocycles. The Morgan fingerprint density at radius 2 is 0.930 bits per heavy atom. The van der Waals surface area contributed by atoms with Crippen LogP contribution in [0, 0.1) is 23.7 Å². The van der Waals surface area contributed by atoms with Crippen molar-refractivity contribution in [1.29, 1.82) is 0 Å². The van der Waals surface area contributed by atoms with Crippen LogP contribution in [-0.2, 0) is 24.0 Å². The zero-order valence-electron chi connectivity index (χ0n) is 30.6. The first kappa shape index (κ1) is 39.5. The van der Waals surface area contributed by atoms with Gasteiger partial charge in [-0.3, -0.25) is 48.6 Å². The highest BCUT2D eigenvalue weighted by Gasteiger charge is 2.20. The Bertz CT molecular complexity index is 2340. The predicted octanol–water partition coefficient (Wildman–Crippen LogP) is 2.63. The number of carbonyl (C=O) groups excluding carboxylic acids is 2. The number of rotatable bonds is 6. The van der Waals surface area contributed by atoms with Crippen LogP contribution in [0.2, 0.25) is 0 Å². The molecule has 10 bridgehead atoms. The van der Waals surface area contributed by atoms with E-state index in [1.807, 2.05) is 24.3 Å². The van der Waals surface area contributed by atoms with Crippen molar-refractivity contribution in [1.82, 2.24) is 24.7 Å². The van der Waals surface area contributed by atoms with Gasteiger partial charge in [-0.1, -0.05) is 47.9 Å². The topological polar surface area (TPSA) is 206 Å². The molecule has 0 aliphatic carbocycles. The third-order valence-electron chi connectivity index (χ3n) is 8.77. The van der Waals surface area contributed by atoms with E-state index in [4.69, 9.17) is 0 Å². The van der Waals surface area contributed by atoms with Gasteiger partial charge >= 0.3 is 17.9 Å². The number of carboxylic acid groups (broad SMARTS) is 3. The van der Waals surface area contributed by atoms with Gasteiger partial charge in [0.1, 0.15) is 0 Å². The Kier molecular flexibility index (Phi) is 12.8. The summed E-state index contributed by atoms with van der Waals surface area (Å²) in [7, 11) is 0. The molecule has 4 aliphatic heterocycles. The zero-order valence-corrected chi connectivity index (χ0v) is 30.6. The maximum absolute atomic E-state index is 13.1. The third kappa shape index (κ3) is 11.7. The Morgan fingerprint density at radius 3 is 1.35 bits per heavy atom. The molecule has 288 valence electrons. The molecular weight excluding hydrogens is 731 g/mol. The molecule has 9 rings (SSSR count). The number of carbonyl (C=O) groups is 5. The fraction of sp³-hybridized carbons (Fsp3) is 0.214. The van der Waals surface area contributed by atoms with Gasteiger partial charge in [0.2, 0.25) is 11.8 Å². The monoisotopic (exact) mass is 767 g/mol. The second-order valence-corrected chi connectivity index (χ2v) is 13.3. The summed E-state index contributed by atoms with van der Waals surface area (Å²) in [6.45, 7) is -1.98. The second kappa shape index (κ2) is 18.4. The smallest absolute Gasteiger partial charge is 0.317 e. The highest BCUT2D eigenvalue weighted by Crippen LogP contribution is 2.23. The average Bonchev–Trinajstić information content (AvgIpc) is 3.16. The number of aliphatic carboxylic acids is 3. The number of aromatic nitrogens is 2. The standard InChI is InChI=1S/C42H37N7O8/c50-36-23-48(26-39(54)55)15-13-47(25-38(52)53)14-16-49(27-40(56)57)24-37(51)46-35-6-2-4-29(20-35)8-10-31-18-33-12-11-32-17-30(21-43-41(32)42(33)44-22-31)9-7-28-3-1-5-34(19-28)45-36/h1-6,11-12,17-22H,13-16,23-27H2,(H,45,50)(H,46,51)(H,52,53)(H,54,55)(H,56,57). The van der Waals surface area contributed by atoms with E-state index in [-0.39, 0.29) is 39.3 Å². The number of hydrogen-bond donors (Lipinski definition) is 5. The third-order valence-corrected chi connectivity index (χ3v) is 8.77. The summed E-state index contributed by atoms with van der Waals surface area (Å²) in [6.07, 6.45) is 3.34. The van der Waals surface area contributed by atoms with E-state index >= 15 is 0 Å². The summed E-state index contributed by atoms with van der Waals surface area (Å²) in [4.78, 5) is 74.9. The average molecular weight is 768 g/mol. The maximum Gasteiger partial charge on any atom is 0.317 e. The molecule has 0 spiro atoms. The summed E-state index contributed by atoms with van der Waals surface area (Å²) in [5.74, 6) is 7.91. The number of anilines is 2. The lowest BCUT2D eigenvalue weighted by Crippen LogP contribution is -2.46. The maximum atomic E-state index is 13.1. The van der Waals surface area contributed by atoms with Crippen molar-refractivity contribution in [3.63, 3.8) is 0 Å². The van der Waals surface area contributed by atoms with Crippen molar-refractivity contribution in [3.05, 3.63) is 107 Å². The van der Waals surface area contributed by atoms with Crippen molar-refractivity contribution >= 4 is 62.9 Å². The Balaban J connectivity index is 1.31. The van der Waals surface area contributed by atoms with E-state index in [0.717, 1.165) is 10.8 Å². The van der Waals surface area contributed by atoms with Crippen molar-refractivity contribution in [2.24, 2.45) is 0 Å². The molecule has 3 aromatic carbocycles. The minimum absolute atomic E-state index is 0.00315. The van der Waals surface area contributed by atoms with Gasteiger partial charge in [-0.05, 0) is 48.5 Å². The number of fused-ring (bicyclic) bond motifs is 1. The van der Waals surface area contributed by atoms with Crippen LogP contribution in [-0.4, -0.2) is 129 Å². The van der Waals surface area contributed by atoms with E-state index in [1.165, 1.54) is 14.7 Å². The summed E-state index contributed by atoms with van der Waals surface area (Å²) in [5, 5.41) is 36.0. The first-order valence-electron chi connectivity index (χ1n) is 17.8. The fourth-order valence-electron chi connectivity index (χ4n) is 6.21. The van der Waals surface area contributed by atoms with Crippen molar-refractivity contribution < 1.29 is 39.3 Å². The molecule has 0 fully saturated rings. The van der Waals surface area contributed by atoms with E-state index < -0.39 is 49.4 Å². The first-order chi connectivity index (χ1) is 27.4. The predicted molar refractivity (Wildman–Crippen MR) is 211 cm³/mol. The van der Waals surface area contributed by atoms with E-state index in [2.05, 4.69) is 44.3 Å². The SMILES string of the molecule is O=C(O)CN1CCN(CC(=O)O)CC(=O)Nc2cccc(c2)C#Cc2cnc3c(ccc4cc(cnc43)C#Cc3cccc(c3)NC(=O)CN(CC(=O)O)CC1)c2. The lowest BCUT2D eigenvalue weighted by Gasteiger charge is -2.28. The second-order valence-electron chi connectivity index (χ2n) is 13.3. The van der Waals surface area contributed by atoms with Gasteiger partial charge in [-0.25, -0.2) is 0 Å². The van der Waals surface area contributed by atoms with Crippen LogP contribution >= 0.6 is 0 Å². The van der Waals surface area contributed by atoms with E-state index in [9.17, 15) is 39.3 Å². The molecule has 15 nitrogen and oxygen atoms in total. The minimum Gasteiger partial charge on any atom is -0.480 e. The lowest BCUT2D eigenvalue weighted by atomic mass is 10.1. The normalized spacial score (nSPS) is 15.0. The van der Waals surface area contributed by atoms with Crippen LogP contribution in [0.1, 0.15) is 22.3 Å². The summed E-state index contributed by atoms with van der Waals surface area (Å²) < 4.78 is 0. The molecule has 0 atom stereocenters. The van der Waals surface area contributed by atoms with E-state index in [0.29, 0.717) is 44.7 Å². The van der Waals surface area contributed by atoms with Crippen LogP contribution in [0.4, 0.5) is 11.4 Å². The summed E-state index contributed by atoms with van der Waals surface area (Å²) >= 11 is 0. The Hall–Kier alpha value is -7.17. The molecule has 0 radical (unpaired) electrons. The largest absolute Gasteiger partial charge is 0.480 e. The number of carboxylic acids is 3. The quantitative estimate of drug-likeness (QED) is 0.125. The van der Waals surface area contributed by atoms with Crippen molar-refractivity contribution in [3.8, 4) is 23.7 Å². The molecule has 4 aliphatic rings. The van der Waals surface area contributed by atoms with Crippen LogP contribution in [0.5, 0.6) is 0 Å². The number of amides is 2. The molecule has 5 aromatic rings. The molecule has 6 heterocycles. The number of hydrogen-bond acceptors (Lipinski definition) is 10. The molecule has 57 heavy (non-hydrogen) atoms. The van der Waals surface area contributed by atoms with Crippen LogP contribution in [0.3, 0.4) is 0 Å². The van der Waals surface area contributed by atoms with E-state index in [1.54, 1.807) is 60.9 Å². The highest BCUT2D eigenvalue weighted by molar-refractivity contribution is 6.03. The molecule has 0 saturated heterocycles. The van der Waals surface area contributed by atoms with Crippen LogP contribution in [0.15, 0.2) is 85.2 Å². The van der Waals surface area contributed by atoms with Gasteiger partial charge in [0, 0.05) is 83.0 Å². The molecule has 5 N–H and O–H groups in total. The Labute approximate surface area is 326 Å². The first-order valence-corrected chi connectivity index (χ1v) is 17.8.